The highest BCUT2D eigenvalue weighted by Crippen LogP contribution is 2.39. The van der Waals surface area contributed by atoms with Gasteiger partial charge < -0.3 is 20.7 Å². The minimum Gasteiger partial charge on any atom is -0.399 e. The number of ether oxygens (including phenoxy) is 1. The first-order valence-electron chi connectivity index (χ1n) is 15.0. The maximum Gasteiger partial charge on any atom is 0.416 e. The Balaban J connectivity index is 1.27. The Morgan fingerprint density at radius 3 is 2.47 bits per heavy atom. The summed E-state index contributed by atoms with van der Waals surface area (Å²) in [4.78, 5) is 26.9. The number of carbonyl (C=O) groups is 1. The molecule has 3 N–H and O–H groups in total. The SMILES string of the molecule is COCCN1CCN(C(=O)C2CCC(c3ccc4nc(C)nc(N[C@H](C)c5cc(N)cc(C(F)(F)F)c5)c4c3)CC2)CC1. The molecule has 43 heavy (non-hydrogen) atoms. The standard InChI is InChI=1S/C32H41F3N6O2/c1-20(25-16-26(32(33,34)35)19-27(36)17-25)37-30-28-18-24(8-9-29(28)38-21(2)39-30)22-4-6-23(7-5-22)31(42)41-12-10-40(11-13-41)14-15-43-3/h8-9,16-20,22-23H,4-7,10-15,36H2,1-3H3,(H,37,38,39)/t20-,22?,23?/m1/s1. The van der Waals surface area contributed by atoms with Gasteiger partial charge in [-0.2, -0.15) is 13.2 Å². The third kappa shape index (κ3) is 7.38. The molecule has 2 fully saturated rings. The lowest BCUT2D eigenvalue weighted by Gasteiger charge is -2.38. The van der Waals surface area contributed by atoms with E-state index in [2.05, 4.69) is 32.3 Å². The van der Waals surface area contributed by atoms with Crippen molar-refractivity contribution in [2.75, 3.05) is 57.5 Å². The molecular weight excluding hydrogens is 557 g/mol. The average molecular weight is 599 g/mol. The minimum absolute atomic E-state index is 0.0582. The summed E-state index contributed by atoms with van der Waals surface area (Å²) in [6.07, 6.45) is -0.931. The summed E-state index contributed by atoms with van der Waals surface area (Å²) >= 11 is 0. The first-order chi connectivity index (χ1) is 20.5. The number of aromatic nitrogens is 2. The van der Waals surface area contributed by atoms with E-state index in [1.54, 1.807) is 27.0 Å². The van der Waals surface area contributed by atoms with E-state index in [0.29, 0.717) is 29.7 Å². The van der Waals surface area contributed by atoms with Gasteiger partial charge in [-0.05, 0) is 86.9 Å². The van der Waals surface area contributed by atoms with Crippen LogP contribution in [0.1, 0.15) is 67.1 Å². The Labute approximate surface area is 250 Å². The molecule has 2 aromatic carbocycles. The van der Waals surface area contributed by atoms with Crippen LogP contribution in [0.5, 0.6) is 0 Å². The summed E-state index contributed by atoms with van der Waals surface area (Å²) in [6, 6.07) is 9.32. The molecule has 0 radical (unpaired) electrons. The van der Waals surface area contributed by atoms with Crippen molar-refractivity contribution in [3.05, 3.63) is 58.9 Å². The molecule has 3 aromatic rings. The van der Waals surface area contributed by atoms with Gasteiger partial charge in [0.25, 0.3) is 0 Å². The molecule has 11 heteroatoms. The number of piperazine rings is 1. The van der Waals surface area contributed by atoms with Gasteiger partial charge in [-0.1, -0.05) is 6.07 Å². The second kappa shape index (κ2) is 13.1. The predicted molar refractivity (Wildman–Crippen MR) is 162 cm³/mol. The number of hydrogen-bond donors (Lipinski definition) is 2. The first kappa shape index (κ1) is 31.0. The minimum atomic E-state index is -4.49. The molecule has 5 rings (SSSR count). The van der Waals surface area contributed by atoms with E-state index in [9.17, 15) is 18.0 Å². The van der Waals surface area contributed by atoms with Crippen LogP contribution >= 0.6 is 0 Å². The van der Waals surface area contributed by atoms with Gasteiger partial charge in [-0.3, -0.25) is 9.69 Å². The zero-order chi connectivity index (χ0) is 30.7. The Kier molecular flexibility index (Phi) is 9.41. The molecule has 1 aromatic heterocycles. The Morgan fingerprint density at radius 1 is 1.07 bits per heavy atom. The fourth-order valence-corrected chi connectivity index (χ4v) is 6.35. The number of methoxy groups -OCH3 is 1. The summed E-state index contributed by atoms with van der Waals surface area (Å²) in [7, 11) is 1.71. The Morgan fingerprint density at radius 2 is 1.79 bits per heavy atom. The molecule has 1 aliphatic carbocycles. The van der Waals surface area contributed by atoms with Crippen molar-refractivity contribution in [1.29, 1.82) is 0 Å². The number of nitrogens with one attached hydrogen (secondary N) is 1. The molecule has 1 saturated carbocycles. The molecule has 1 atom stereocenters. The van der Waals surface area contributed by atoms with Gasteiger partial charge in [0.05, 0.1) is 23.7 Å². The number of rotatable bonds is 8. The molecule has 1 aliphatic heterocycles. The highest BCUT2D eigenvalue weighted by atomic mass is 19.4. The maximum atomic E-state index is 13.4. The molecule has 1 saturated heterocycles. The number of benzene rings is 2. The van der Waals surface area contributed by atoms with Crippen molar-refractivity contribution >= 4 is 28.3 Å². The van der Waals surface area contributed by atoms with E-state index >= 15 is 0 Å². The second-order valence-corrected chi connectivity index (χ2v) is 11.9. The van der Waals surface area contributed by atoms with Crippen LogP contribution in [-0.2, 0) is 15.7 Å². The lowest BCUT2D eigenvalue weighted by Crippen LogP contribution is -2.51. The van der Waals surface area contributed by atoms with Gasteiger partial charge in [-0.25, -0.2) is 9.97 Å². The van der Waals surface area contributed by atoms with E-state index in [4.69, 9.17) is 10.5 Å². The number of anilines is 2. The number of nitrogens with zero attached hydrogens (tertiary/aromatic N) is 4. The third-order valence-corrected chi connectivity index (χ3v) is 8.83. The number of alkyl halides is 3. The van der Waals surface area contributed by atoms with E-state index in [-0.39, 0.29) is 17.5 Å². The topological polar surface area (TPSA) is 96.6 Å². The van der Waals surface area contributed by atoms with Crippen LogP contribution in [0.3, 0.4) is 0 Å². The molecule has 0 bridgehead atoms. The molecule has 0 unspecified atom stereocenters. The summed E-state index contributed by atoms with van der Waals surface area (Å²) in [6.45, 7) is 8.51. The zero-order valence-corrected chi connectivity index (χ0v) is 25.1. The molecule has 2 heterocycles. The summed E-state index contributed by atoms with van der Waals surface area (Å²) < 4.78 is 45.4. The summed E-state index contributed by atoms with van der Waals surface area (Å²) in [5.41, 5.74) is 7.45. The van der Waals surface area contributed by atoms with Crippen molar-refractivity contribution in [3.63, 3.8) is 0 Å². The fraction of sp³-hybridized carbons (Fsp3) is 0.531. The summed E-state index contributed by atoms with van der Waals surface area (Å²) in [5.74, 6) is 1.79. The summed E-state index contributed by atoms with van der Waals surface area (Å²) in [5, 5.41) is 4.13. The number of halogens is 3. The smallest absolute Gasteiger partial charge is 0.399 e. The lowest BCUT2D eigenvalue weighted by molar-refractivity contribution is -0.139. The third-order valence-electron chi connectivity index (χ3n) is 8.83. The zero-order valence-electron chi connectivity index (χ0n) is 25.1. The van der Waals surface area contributed by atoms with Crippen molar-refractivity contribution < 1.29 is 22.7 Å². The Bertz CT molecular complexity index is 1430. The molecule has 8 nitrogen and oxygen atoms in total. The molecular formula is C32H41F3N6O2. The van der Waals surface area contributed by atoms with Crippen LogP contribution in [-0.4, -0.2) is 72.1 Å². The maximum absolute atomic E-state index is 13.4. The van der Waals surface area contributed by atoms with Gasteiger partial charge in [0, 0.05) is 56.8 Å². The van der Waals surface area contributed by atoms with Crippen LogP contribution in [0.2, 0.25) is 0 Å². The van der Waals surface area contributed by atoms with Gasteiger partial charge in [0.2, 0.25) is 5.91 Å². The van der Waals surface area contributed by atoms with Crippen molar-refractivity contribution in [3.8, 4) is 0 Å². The van der Waals surface area contributed by atoms with Crippen LogP contribution in [0.15, 0.2) is 36.4 Å². The van der Waals surface area contributed by atoms with Crippen LogP contribution in [0, 0.1) is 12.8 Å². The van der Waals surface area contributed by atoms with Crippen molar-refractivity contribution in [2.45, 2.75) is 57.7 Å². The number of aryl methyl sites for hydroxylation is 1. The van der Waals surface area contributed by atoms with Crippen LogP contribution < -0.4 is 11.1 Å². The predicted octanol–water partition coefficient (Wildman–Crippen LogP) is 5.78. The Hall–Kier alpha value is -3.44. The molecule has 232 valence electrons. The monoisotopic (exact) mass is 598 g/mol. The highest BCUT2D eigenvalue weighted by molar-refractivity contribution is 5.90. The van der Waals surface area contributed by atoms with Gasteiger partial charge in [0.1, 0.15) is 11.6 Å². The van der Waals surface area contributed by atoms with E-state index in [1.807, 2.05) is 11.0 Å². The normalized spacial score (nSPS) is 20.7. The largest absolute Gasteiger partial charge is 0.416 e. The van der Waals surface area contributed by atoms with E-state index in [0.717, 1.165) is 87.0 Å². The van der Waals surface area contributed by atoms with Crippen LogP contribution in [0.25, 0.3) is 10.9 Å². The van der Waals surface area contributed by atoms with Crippen LogP contribution in [0.4, 0.5) is 24.7 Å². The number of carbonyl (C=O) groups excluding carboxylic acids is 1. The van der Waals surface area contributed by atoms with E-state index in [1.165, 1.54) is 0 Å². The van der Waals surface area contributed by atoms with Gasteiger partial charge >= 0.3 is 6.18 Å². The molecule has 0 spiro atoms. The lowest BCUT2D eigenvalue weighted by atomic mass is 9.78. The van der Waals surface area contributed by atoms with Gasteiger partial charge in [-0.15, -0.1) is 0 Å². The number of nitrogens with two attached hydrogens (primary N) is 1. The number of hydrogen-bond acceptors (Lipinski definition) is 7. The fourth-order valence-electron chi connectivity index (χ4n) is 6.35. The van der Waals surface area contributed by atoms with Crippen molar-refractivity contribution in [1.82, 2.24) is 19.8 Å². The number of nitrogen functional groups attached to an aromatic ring is 1. The molecule has 1 amide bonds. The quantitative estimate of drug-likeness (QED) is 0.318. The second-order valence-electron chi connectivity index (χ2n) is 11.9. The van der Waals surface area contributed by atoms with E-state index < -0.39 is 17.8 Å². The highest BCUT2D eigenvalue weighted by Gasteiger charge is 2.33. The average Bonchev–Trinajstić information content (AvgIpc) is 2.99. The van der Waals surface area contributed by atoms with Gasteiger partial charge in [0.15, 0.2) is 0 Å². The number of amides is 1. The van der Waals surface area contributed by atoms with Crippen molar-refractivity contribution in [2.24, 2.45) is 5.92 Å². The number of fused-ring (bicyclic) bond motifs is 1. The molecule has 2 aliphatic rings. The first-order valence-corrected chi connectivity index (χ1v) is 15.0.